The molecular formula is C12H16N4. The standard InChI is InChI=1S/C12H16N4/c13-10-5-3-4-9(8-10)12-15-14-11-6-1-2-7-16(11)12/h1-2,6-7,9-10H,3-5,8,13H2. The molecule has 0 aromatic carbocycles. The highest BCUT2D eigenvalue weighted by molar-refractivity contribution is 5.37. The summed E-state index contributed by atoms with van der Waals surface area (Å²) in [5.41, 5.74) is 6.95. The lowest BCUT2D eigenvalue weighted by atomic mass is 9.85. The van der Waals surface area contributed by atoms with Gasteiger partial charge in [0.2, 0.25) is 0 Å². The van der Waals surface area contributed by atoms with Crippen molar-refractivity contribution in [1.82, 2.24) is 14.6 Å². The van der Waals surface area contributed by atoms with E-state index in [0.717, 1.165) is 24.3 Å². The highest BCUT2D eigenvalue weighted by Crippen LogP contribution is 2.31. The van der Waals surface area contributed by atoms with Crippen LogP contribution in [-0.4, -0.2) is 20.6 Å². The molecule has 2 aromatic heterocycles. The largest absolute Gasteiger partial charge is 0.328 e. The van der Waals surface area contributed by atoms with Gasteiger partial charge in [-0.25, -0.2) is 0 Å². The second-order valence-electron chi connectivity index (χ2n) is 4.61. The van der Waals surface area contributed by atoms with E-state index in [0.29, 0.717) is 12.0 Å². The molecule has 3 rings (SSSR count). The molecule has 2 N–H and O–H groups in total. The van der Waals surface area contributed by atoms with Crippen LogP contribution in [0.3, 0.4) is 0 Å². The average molecular weight is 216 g/mol. The second-order valence-corrected chi connectivity index (χ2v) is 4.61. The Morgan fingerprint density at radius 2 is 2.19 bits per heavy atom. The van der Waals surface area contributed by atoms with E-state index in [2.05, 4.69) is 14.6 Å². The molecule has 0 aliphatic heterocycles. The van der Waals surface area contributed by atoms with Gasteiger partial charge in [-0.15, -0.1) is 10.2 Å². The van der Waals surface area contributed by atoms with Crippen LogP contribution in [0.25, 0.3) is 5.65 Å². The zero-order valence-corrected chi connectivity index (χ0v) is 9.21. The maximum Gasteiger partial charge on any atom is 0.160 e. The van der Waals surface area contributed by atoms with E-state index in [1.165, 1.54) is 12.8 Å². The smallest absolute Gasteiger partial charge is 0.160 e. The van der Waals surface area contributed by atoms with Gasteiger partial charge in [0, 0.05) is 18.2 Å². The summed E-state index contributed by atoms with van der Waals surface area (Å²) in [4.78, 5) is 0. The Kier molecular flexibility index (Phi) is 2.36. The van der Waals surface area contributed by atoms with Crippen molar-refractivity contribution in [2.24, 2.45) is 5.73 Å². The van der Waals surface area contributed by atoms with Gasteiger partial charge < -0.3 is 5.73 Å². The van der Waals surface area contributed by atoms with Gasteiger partial charge in [0.15, 0.2) is 5.65 Å². The molecule has 4 nitrogen and oxygen atoms in total. The van der Waals surface area contributed by atoms with E-state index in [-0.39, 0.29) is 0 Å². The van der Waals surface area contributed by atoms with Crippen LogP contribution < -0.4 is 5.73 Å². The molecule has 2 heterocycles. The van der Waals surface area contributed by atoms with E-state index in [9.17, 15) is 0 Å². The van der Waals surface area contributed by atoms with E-state index >= 15 is 0 Å². The number of hydrogen-bond acceptors (Lipinski definition) is 3. The van der Waals surface area contributed by atoms with E-state index in [4.69, 9.17) is 5.73 Å². The molecule has 1 fully saturated rings. The number of aromatic nitrogens is 3. The fourth-order valence-corrected chi connectivity index (χ4v) is 2.60. The van der Waals surface area contributed by atoms with Gasteiger partial charge in [0.1, 0.15) is 5.82 Å². The topological polar surface area (TPSA) is 56.2 Å². The van der Waals surface area contributed by atoms with Crippen molar-refractivity contribution in [2.45, 2.75) is 37.6 Å². The minimum atomic E-state index is 0.329. The summed E-state index contributed by atoms with van der Waals surface area (Å²) in [5.74, 6) is 1.55. The van der Waals surface area contributed by atoms with Crippen molar-refractivity contribution in [3.8, 4) is 0 Å². The number of hydrogen-bond donors (Lipinski definition) is 1. The summed E-state index contributed by atoms with van der Waals surface area (Å²) >= 11 is 0. The Morgan fingerprint density at radius 1 is 1.25 bits per heavy atom. The molecule has 0 amide bonds. The fraction of sp³-hybridized carbons (Fsp3) is 0.500. The maximum absolute atomic E-state index is 6.02. The summed E-state index contributed by atoms with van der Waals surface area (Å²) in [6, 6.07) is 6.32. The molecule has 2 unspecified atom stereocenters. The third kappa shape index (κ3) is 1.59. The Morgan fingerprint density at radius 3 is 3.06 bits per heavy atom. The molecule has 2 aromatic rings. The minimum Gasteiger partial charge on any atom is -0.328 e. The second kappa shape index (κ2) is 3.87. The highest BCUT2D eigenvalue weighted by atomic mass is 15.2. The van der Waals surface area contributed by atoms with Crippen LogP contribution in [0.1, 0.15) is 37.4 Å². The SMILES string of the molecule is NC1CCCC(c2nnc3ccccn23)C1. The zero-order valence-electron chi connectivity index (χ0n) is 9.21. The van der Waals surface area contributed by atoms with E-state index in [1.807, 2.05) is 24.4 Å². The summed E-state index contributed by atoms with van der Waals surface area (Å²) < 4.78 is 2.09. The van der Waals surface area contributed by atoms with Gasteiger partial charge in [-0.1, -0.05) is 12.5 Å². The zero-order chi connectivity index (χ0) is 11.0. The van der Waals surface area contributed by atoms with Crippen LogP contribution in [0.2, 0.25) is 0 Å². The lowest BCUT2D eigenvalue weighted by Gasteiger charge is -2.25. The van der Waals surface area contributed by atoms with Crippen molar-refractivity contribution in [1.29, 1.82) is 0 Å². The highest BCUT2D eigenvalue weighted by Gasteiger charge is 2.24. The summed E-state index contributed by atoms with van der Waals surface area (Å²) in [7, 11) is 0. The lowest BCUT2D eigenvalue weighted by molar-refractivity contribution is 0.380. The molecule has 16 heavy (non-hydrogen) atoms. The van der Waals surface area contributed by atoms with Gasteiger partial charge in [0.05, 0.1) is 0 Å². The average Bonchev–Trinajstić information content (AvgIpc) is 2.72. The van der Waals surface area contributed by atoms with Gasteiger partial charge in [0.25, 0.3) is 0 Å². The van der Waals surface area contributed by atoms with Crippen molar-refractivity contribution in [2.75, 3.05) is 0 Å². The first kappa shape index (κ1) is 9.78. The van der Waals surface area contributed by atoms with Gasteiger partial charge in [-0.2, -0.15) is 0 Å². The molecule has 2 atom stereocenters. The Bertz CT molecular complexity index is 490. The Hall–Kier alpha value is -1.42. The predicted octanol–water partition coefficient (Wildman–Crippen LogP) is 1.71. The summed E-state index contributed by atoms with van der Waals surface area (Å²) in [6.45, 7) is 0. The van der Waals surface area contributed by atoms with E-state index < -0.39 is 0 Å². The fourth-order valence-electron chi connectivity index (χ4n) is 2.60. The third-order valence-electron chi connectivity index (χ3n) is 3.42. The third-order valence-corrected chi connectivity index (χ3v) is 3.42. The van der Waals surface area contributed by atoms with Crippen LogP contribution in [-0.2, 0) is 0 Å². The maximum atomic E-state index is 6.02. The van der Waals surface area contributed by atoms with E-state index in [1.54, 1.807) is 0 Å². The monoisotopic (exact) mass is 216 g/mol. The number of pyridine rings is 1. The minimum absolute atomic E-state index is 0.329. The molecule has 1 aliphatic carbocycles. The molecular weight excluding hydrogens is 200 g/mol. The number of nitrogens with two attached hydrogens (primary N) is 1. The van der Waals surface area contributed by atoms with Crippen LogP contribution in [0.15, 0.2) is 24.4 Å². The van der Waals surface area contributed by atoms with Crippen molar-refractivity contribution < 1.29 is 0 Å². The van der Waals surface area contributed by atoms with Crippen LogP contribution in [0.4, 0.5) is 0 Å². The number of nitrogens with zero attached hydrogens (tertiary/aromatic N) is 3. The van der Waals surface area contributed by atoms with Crippen molar-refractivity contribution in [3.05, 3.63) is 30.2 Å². The molecule has 0 bridgehead atoms. The van der Waals surface area contributed by atoms with Gasteiger partial charge >= 0.3 is 0 Å². The molecule has 1 saturated carbocycles. The molecule has 0 radical (unpaired) electrons. The molecule has 84 valence electrons. The van der Waals surface area contributed by atoms with Crippen LogP contribution in [0.5, 0.6) is 0 Å². The first-order valence-electron chi connectivity index (χ1n) is 5.90. The first-order chi connectivity index (χ1) is 7.84. The van der Waals surface area contributed by atoms with Crippen LogP contribution in [0, 0.1) is 0 Å². The molecule has 0 saturated heterocycles. The molecule has 4 heteroatoms. The van der Waals surface area contributed by atoms with Gasteiger partial charge in [-0.05, 0) is 31.4 Å². The lowest BCUT2D eigenvalue weighted by Crippen LogP contribution is -2.27. The summed E-state index contributed by atoms with van der Waals surface area (Å²) in [5, 5.41) is 8.50. The quantitative estimate of drug-likeness (QED) is 0.789. The number of fused-ring (bicyclic) bond motifs is 1. The molecule has 0 spiro atoms. The normalized spacial score (nSPS) is 26.1. The van der Waals surface area contributed by atoms with Crippen molar-refractivity contribution in [3.63, 3.8) is 0 Å². The van der Waals surface area contributed by atoms with Gasteiger partial charge in [-0.3, -0.25) is 4.40 Å². The Balaban J connectivity index is 1.99. The molecule has 1 aliphatic rings. The summed E-state index contributed by atoms with van der Waals surface area (Å²) in [6.07, 6.45) is 6.60. The van der Waals surface area contributed by atoms with Crippen LogP contribution >= 0.6 is 0 Å². The number of rotatable bonds is 1. The predicted molar refractivity (Wildman–Crippen MR) is 62.2 cm³/mol. The van der Waals surface area contributed by atoms with Crippen molar-refractivity contribution >= 4 is 5.65 Å². The Labute approximate surface area is 94.5 Å². The first-order valence-corrected chi connectivity index (χ1v) is 5.90.